The summed E-state index contributed by atoms with van der Waals surface area (Å²) in [5, 5.41) is 9.30. The molecule has 7 nitrogen and oxygen atoms in total. The first-order valence-electron chi connectivity index (χ1n) is 10.00. The zero-order chi connectivity index (χ0) is 20.3. The van der Waals surface area contributed by atoms with Crippen molar-refractivity contribution in [1.82, 2.24) is 4.57 Å². The maximum atomic E-state index is 12.4. The summed E-state index contributed by atoms with van der Waals surface area (Å²) >= 11 is 0. The van der Waals surface area contributed by atoms with Crippen LogP contribution >= 0.6 is 0 Å². The van der Waals surface area contributed by atoms with Crippen molar-refractivity contribution < 1.29 is 19.4 Å². The summed E-state index contributed by atoms with van der Waals surface area (Å²) in [4.78, 5) is 26.1. The van der Waals surface area contributed by atoms with Gasteiger partial charge in [-0.2, -0.15) is 0 Å². The molecule has 0 amide bonds. The highest BCUT2D eigenvalue weighted by atomic mass is 16.5. The molecule has 4 heterocycles. The topological polar surface area (TPSA) is 81.0 Å². The standard InChI is InChI=1S/C22H24N2O5/c1-3-13-14-4-5-23-8-16(21(26)27)19(25)7-17(23)15(14)6-18(20(13)28-2)24-9-22(10-24)11-29-12-22/h6-8H,3-5,9-12H2,1-2H3,(H,26,27). The van der Waals surface area contributed by atoms with Crippen molar-refractivity contribution in [1.29, 1.82) is 0 Å². The van der Waals surface area contributed by atoms with Crippen molar-refractivity contribution in [2.24, 2.45) is 5.41 Å². The number of rotatable bonds is 4. The Morgan fingerprint density at radius 2 is 2.07 bits per heavy atom. The van der Waals surface area contributed by atoms with E-state index in [0.29, 0.717) is 6.54 Å². The van der Waals surface area contributed by atoms with Gasteiger partial charge in [-0.3, -0.25) is 4.79 Å². The molecule has 5 rings (SSSR count). The lowest BCUT2D eigenvalue weighted by Gasteiger charge is -2.56. The Labute approximate surface area is 168 Å². The molecule has 7 heteroatoms. The molecular formula is C22H24N2O5. The van der Waals surface area contributed by atoms with E-state index in [2.05, 4.69) is 17.9 Å². The normalized spacial score (nSPS) is 18.5. The van der Waals surface area contributed by atoms with E-state index in [1.54, 1.807) is 7.11 Å². The molecule has 0 radical (unpaired) electrons. The van der Waals surface area contributed by atoms with Crippen LogP contribution in [0.1, 0.15) is 28.4 Å². The highest BCUT2D eigenvalue weighted by Crippen LogP contribution is 2.48. The maximum absolute atomic E-state index is 12.4. The molecule has 0 saturated carbocycles. The Morgan fingerprint density at radius 3 is 2.66 bits per heavy atom. The van der Waals surface area contributed by atoms with E-state index in [0.717, 1.165) is 61.8 Å². The largest absolute Gasteiger partial charge is 0.494 e. The fourth-order valence-corrected chi connectivity index (χ4v) is 4.99. The summed E-state index contributed by atoms with van der Waals surface area (Å²) in [6.45, 7) is 6.27. The van der Waals surface area contributed by atoms with Gasteiger partial charge in [0.2, 0.25) is 0 Å². The molecule has 1 N–H and O–H groups in total. The van der Waals surface area contributed by atoms with E-state index in [4.69, 9.17) is 9.47 Å². The van der Waals surface area contributed by atoms with Crippen molar-refractivity contribution in [3.8, 4) is 17.0 Å². The minimum atomic E-state index is -1.19. The summed E-state index contributed by atoms with van der Waals surface area (Å²) in [7, 11) is 1.72. The number of benzene rings is 1. The second-order valence-electron chi connectivity index (χ2n) is 8.32. The number of carboxylic acid groups (broad SMARTS) is 1. The Hall–Kier alpha value is -2.80. The SMILES string of the molecule is CCc1c2c(cc(N3CC4(COC4)C3)c1OC)-c1cc(=O)c(C(=O)O)cn1CC2. The molecule has 0 bridgehead atoms. The van der Waals surface area contributed by atoms with Crippen molar-refractivity contribution in [2.45, 2.75) is 26.3 Å². The van der Waals surface area contributed by atoms with Gasteiger partial charge in [0.15, 0.2) is 5.43 Å². The molecular weight excluding hydrogens is 372 g/mol. The molecule has 2 saturated heterocycles. The Morgan fingerprint density at radius 1 is 1.31 bits per heavy atom. The van der Waals surface area contributed by atoms with Crippen molar-refractivity contribution in [3.63, 3.8) is 0 Å². The fraction of sp³-hybridized carbons (Fsp3) is 0.455. The Bertz CT molecular complexity index is 1080. The number of nitrogens with zero attached hydrogens (tertiary/aromatic N) is 2. The van der Waals surface area contributed by atoms with Crippen molar-refractivity contribution in [2.75, 3.05) is 38.3 Å². The first-order chi connectivity index (χ1) is 14.0. The van der Waals surface area contributed by atoms with Crippen LogP contribution in [0, 0.1) is 5.41 Å². The zero-order valence-corrected chi connectivity index (χ0v) is 16.7. The van der Waals surface area contributed by atoms with Gasteiger partial charge in [-0.25, -0.2) is 4.79 Å². The first kappa shape index (κ1) is 18.2. The van der Waals surface area contributed by atoms with Gasteiger partial charge < -0.3 is 24.0 Å². The van der Waals surface area contributed by atoms with Crippen LogP contribution in [-0.2, 0) is 24.1 Å². The number of aryl methyl sites for hydroxylation is 1. The number of hydrogen-bond acceptors (Lipinski definition) is 5. The van der Waals surface area contributed by atoms with Gasteiger partial charge in [-0.05, 0) is 30.0 Å². The molecule has 0 aliphatic carbocycles. The number of pyridine rings is 1. The van der Waals surface area contributed by atoms with Crippen LogP contribution < -0.4 is 15.1 Å². The van der Waals surface area contributed by atoms with Gasteiger partial charge in [0, 0.05) is 37.5 Å². The highest BCUT2D eigenvalue weighted by molar-refractivity contribution is 5.88. The lowest BCUT2D eigenvalue weighted by molar-refractivity contribution is -0.127. The van der Waals surface area contributed by atoms with E-state index in [1.807, 2.05) is 4.57 Å². The van der Waals surface area contributed by atoms with Crippen LogP contribution in [-0.4, -0.2) is 49.1 Å². The van der Waals surface area contributed by atoms with E-state index in [-0.39, 0.29) is 11.0 Å². The summed E-state index contributed by atoms with van der Waals surface area (Å²) in [6, 6.07) is 3.58. The summed E-state index contributed by atoms with van der Waals surface area (Å²) < 4.78 is 13.1. The molecule has 29 heavy (non-hydrogen) atoms. The fourth-order valence-electron chi connectivity index (χ4n) is 4.99. The van der Waals surface area contributed by atoms with E-state index < -0.39 is 11.4 Å². The summed E-state index contributed by atoms with van der Waals surface area (Å²) in [5.74, 6) is -0.270. The number of ether oxygens (including phenoxy) is 2. The predicted molar refractivity (Wildman–Crippen MR) is 108 cm³/mol. The molecule has 0 atom stereocenters. The first-order valence-corrected chi connectivity index (χ1v) is 10.00. The number of carboxylic acids is 1. The van der Waals surface area contributed by atoms with E-state index in [9.17, 15) is 14.7 Å². The quantitative estimate of drug-likeness (QED) is 0.853. The molecule has 2 aromatic rings. The molecule has 152 valence electrons. The molecule has 1 aromatic heterocycles. The molecule has 1 spiro atoms. The van der Waals surface area contributed by atoms with Gasteiger partial charge in [-0.1, -0.05) is 6.92 Å². The minimum absolute atomic E-state index is 0.184. The Balaban J connectivity index is 1.66. The van der Waals surface area contributed by atoms with Gasteiger partial charge in [0.25, 0.3) is 0 Å². The zero-order valence-electron chi connectivity index (χ0n) is 16.7. The third kappa shape index (κ3) is 2.60. The van der Waals surface area contributed by atoms with Crippen LogP contribution in [0.15, 0.2) is 23.1 Å². The lowest BCUT2D eigenvalue weighted by Crippen LogP contribution is -2.66. The number of anilines is 1. The van der Waals surface area contributed by atoms with Gasteiger partial charge >= 0.3 is 5.97 Å². The third-order valence-electron chi connectivity index (χ3n) is 6.48. The van der Waals surface area contributed by atoms with Gasteiger partial charge in [0.05, 0.1) is 37.1 Å². The maximum Gasteiger partial charge on any atom is 0.341 e. The van der Waals surface area contributed by atoms with Crippen molar-refractivity contribution >= 4 is 11.7 Å². The minimum Gasteiger partial charge on any atom is -0.494 e. The summed E-state index contributed by atoms with van der Waals surface area (Å²) in [6.07, 6.45) is 3.09. The second-order valence-corrected chi connectivity index (χ2v) is 8.32. The number of aromatic nitrogens is 1. The number of fused-ring (bicyclic) bond motifs is 3. The molecule has 3 aliphatic heterocycles. The molecule has 3 aliphatic rings. The number of aromatic carboxylic acids is 1. The summed E-state index contributed by atoms with van der Waals surface area (Å²) in [5.41, 5.74) is 4.83. The number of carbonyl (C=O) groups is 1. The van der Waals surface area contributed by atoms with Crippen molar-refractivity contribution in [3.05, 3.63) is 45.2 Å². The second kappa shape index (κ2) is 6.35. The predicted octanol–water partition coefficient (Wildman–Crippen LogP) is 2.18. The van der Waals surface area contributed by atoms with Crippen LogP contribution in [0.3, 0.4) is 0 Å². The van der Waals surface area contributed by atoms with Gasteiger partial charge in [-0.15, -0.1) is 0 Å². The van der Waals surface area contributed by atoms with Crippen LogP contribution in [0.5, 0.6) is 5.75 Å². The lowest BCUT2D eigenvalue weighted by atomic mass is 9.77. The molecule has 1 aromatic carbocycles. The van der Waals surface area contributed by atoms with Gasteiger partial charge in [0.1, 0.15) is 11.3 Å². The van der Waals surface area contributed by atoms with Crippen LogP contribution in [0.25, 0.3) is 11.3 Å². The van der Waals surface area contributed by atoms with Crippen LogP contribution in [0.2, 0.25) is 0 Å². The highest BCUT2D eigenvalue weighted by Gasteiger charge is 2.50. The number of hydrogen-bond donors (Lipinski definition) is 1. The molecule has 2 fully saturated rings. The average molecular weight is 396 g/mol. The molecule has 0 unspecified atom stereocenters. The number of methoxy groups -OCH3 is 1. The van der Waals surface area contributed by atoms with Crippen LogP contribution in [0.4, 0.5) is 5.69 Å². The monoisotopic (exact) mass is 396 g/mol. The average Bonchev–Trinajstić information content (AvgIpc) is 2.63. The third-order valence-corrected chi connectivity index (χ3v) is 6.48. The van der Waals surface area contributed by atoms with E-state index in [1.165, 1.54) is 23.4 Å². The Kier molecular flexibility index (Phi) is 4.00. The van der Waals surface area contributed by atoms with E-state index >= 15 is 0 Å². The smallest absolute Gasteiger partial charge is 0.341 e.